The molecule has 0 saturated carbocycles. The van der Waals surface area contributed by atoms with Crippen LogP contribution < -0.4 is 5.32 Å². The van der Waals surface area contributed by atoms with Gasteiger partial charge in [-0.15, -0.1) is 11.3 Å². The second-order valence-electron chi connectivity index (χ2n) is 3.77. The van der Waals surface area contributed by atoms with E-state index in [9.17, 15) is 4.79 Å². The average molecular weight is 674 g/mol. The Morgan fingerprint density at radius 1 is 1.21 bits per heavy atom. The van der Waals surface area contributed by atoms with Crippen LogP contribution >= 0.6 is 95.0 Å². The molecule has 0 aliphatic carbocycles. The molecule has 0 atom stereocenters. The highest BCUT2D eigenvalue weighted by atomic mass is 127. The monoisotopic (exact) mass is 673 g/mol. The lowest BCUT2D eigenvalue weighted by Crippen LogP contribution is -2.12. The Bertz CT molecular complexity index is 614. The number of thiophene rings is 1. The summed E-state index contributed by atoms with van der Waals surface area (Å²) in [6, 6.07) is 6.00. The van der Waals surface area contributed by atoms with Crippen LogP contribution in [0, 0.1) is 17.6 Å². The van der Waals surface area contributed by atoms with E-state index in [1.807, 2.05) is 13.0 Å². The van der Waals surface area contributed by atoms with Crippen molar-refractivity contribution in [2.24, 2.45) is 0 Å². The van der Waals surface area contributed by atoms with Crippen LogP contribution in [0.3, 0.4) is 0 Å². The molecule has 1 N–H and O–H groups in total. The van der Waals surface area contributed by atoms with Gasteiger partial charge < -0.3 is 5.32 Å². The van der Waals surface area contributed by atoms with Gasteiger partial charge >= 0.3 is 0 Å². The molecule has 1 aromatic heterocycles. The van der Waals surface area contributed by atoms with Crippen LogP contribution in [-0.2, 0) is 0 Å². The van der Waals surface area contributed by atoms with Gasteiger partial charge in [0.25, 0.3) is 5.91 Å². The largest absolute Gasteiger partial charge is 0.319 e. The maximum atomic E-state index is 12.2. The molecular weight excluding hydrogens is 667 g/mol. The van der Waals surface area contributed by atoms with E-state index < -0.39 is 0 Å². The SMILES string of the molecule is Cc1cc(C(=O)Nc2c(I)cc(I)cc2I)sc1Br. The molecule has 1 aromatic carbocycles. The summed E-state index contributed by atoms with van der Waals surface area (Å²) in [5, 5.41) is 2.99. The second kappa shape index (κ2) is 6.88. The number of anilines is 1. The summed E-state index contributed by atoms with van der Waals surface area (Å²) >= 11 is 11.7. The van der Waals surface area contributed by atoms with Crippen LogP contribution in [0.15, 0.2) is 22.0 Å². The van der Waals surface area contributed by atoms with Gasteiger partial charge in [-0.2, -0.15) is 0 Å². The zero-order valence-electron chi connectivity index (χ0n) is 9.56. The lowest BCUT2D eigenvalue weighted by atomic mass is 10.3. The van der Waals surface area contributed by atoms with E-state index in [4.69, 9.17) is 0 Å². The number of hydrogen-bond donors (Lipinski definition) is 1. The highest BCUT2D eigenvalue weighted by Crippen LogP contribution is 2.30. The fourth-order valence-corrected chi connectivity index (χ4v) is 6.69. The number of hydrogen-bond acceptors (Lipinski definition) is 2. The Hall–Kier alpha value is 1.06. The van der Waals surface area contributed by atoms with Crippen LogP contribution in [-0.4, -0.2) is 5.91 Å². The molecule has 2 nitrogen and oxygen atoms in total. The maximum absolute atomic E-state index is 12.2. The lowest BCUT2D eigenvalue weighted by molar-refractivity contribution is 0.103. The van der Waals surface area contributed by atoms with E-state index in [0.717, 1.165) is 27.1 Å². The van der Waals surface area contributed by atoms with Crippen LogP contribution in [0.1, 0.15) is 15.2 Å². The number of carbonyl (C=O) groups excluding carboxylic acids is 1. The fourth-order valence-electron chi connectivity index (χ4n) is 1.41. The van der Waals surface area contributed by atoms with Crippen molar-refractivity contribution in [2.75, 3.05) is 5.32 Å². The van der Waals surface area contributed by atoms with E-state index in [1.54, 1.807) is 0 Å². The van der Waals surface area contributed by atoms with Gasteiger partial charge in [0.2, 0.25) is 0 Å². The summed E-state index contributed by atoms with van der Waals surface area (Å²) in [5.74, 6) is -0.0594. The quantitative estimate of drug-likeness (QED) is 0.397. The lowest BCUT2D eigenvalue weighted by Gasteiger charge is -2.09. The smallest absolute Gasteiger partial charge is 0.265 e. The fraction of sp³-hybridized carbons (Fsp3) is 0.0833. The first kappa shape index (κ1) is 16.4. The molecule has 0 aliphatic heterocycles. The van der Waals surface area contributed by atoms with Gasteiger partial charge in [0.05, 0.1) is 14.4 Å². The minimum absolute atomic E-state index is 0.0594. The first-order valence-corrected chi connectivity index (χ1v) is 9.95. The predicted molar refractivity (Wildman–Crippen MR) is 109 cm³/mol. The van der Waals surface area contributed by atoms with E-state index in [2.05, 4.69) is 101 Å². The molecule has 0 aliphatic rings. The average Bonchev–Trinajstić information content (AvgIpc) is 2.64. The number of amides is 1. The van der Waals surface area contributed by atoms with Crippen molar-refractivity contribution < 1.29 is 4.79 Å². The molecule has 0 radical (unpaired) electrons. The van der Waals surface area contributed by atoms with Crippen molar-refractivity contribution in [3.8, 4) is 0 Å². The molecule has 1 heterocycles. The van der Waals surface area contributed by atoms with Gasteiger partial charge in [0.15, 0.2) is 0 Å². The number of aryl methyl sites for hydroxylation is 1. The van der Waals surface area contributed by atoms with Crippen molar-refractivity contribution >= 4 is 107 Å². The molecule has 100 valence electrons. The summed E-state index contributed by atoms with van der Waals surface area (Å²) in [6.45, 7) is 1.98. The zero-order valence-corrected chi connectivity index (χ0v) is 18.4. The summed E-state index contributed by atoms with van der Waals surface area (Å²) in [7, 11) is 0. The number of nitrogens with one attached hydrogen (secondary N) is 1. The van der Waals surface area contributed by atoms with E-state index >= 15 is 0 Å². The Morgan fingerprint density at radius 3 is 2.26 bits per heavy atom. The van der Waals surface area contributed by atoms with Gasteiger partial charge in [-0.1, -0.05) is 0 Å². The predicted octanol–water partition coefficient (Wildman–Crippen LogP) is 5.89. The molecule has 2 aromatic rings. The van der Waals surface area contributed by atoms with E-state index in [1.165, 1.54) is 14.9 Å². The van der Waals surface area contributed by atoms with E-state index in [-0.39, 0.29) is 5.91 Å². The molecule has 0 unspecified atom stereocenters. The number of rotatable bonds is 2. The van der Waals surface area contributed by atoms with Crippen molar-refractivity contribution in [3.05, 3.63) is 43.1 Å². The van der Waals surface area contributed by atoms with Crippen LogP contribution in [0.25, 0.3) is 0 Å². The number of benzene rings is 1. The van der Waals surface area contributed by atoms with Gasteiger partial charge in [-0.05, 0) is 114 Å². The molecule has 0 spiro atoms. The molecule has 0 bridgehead atoms. The van der Waals surface area contributed by atoms with Crippen molar-refractivity contribution in [2.45, 2.75) is 6.92 Å². The molecule has 1 amide bonds. The third kappa shape index (κ3) is 4.04. The first-order chi connectivity index (χ1) is 8.88. The molecular formula is C12H7BrI3NOS. The third-order valence-corrected chi connectivity index (χ3v) is 6.79. The Labute approximate surface area is 164 Å². The van der Waals surface area contributed by atoms with Crippen molar-refractivity contribution in [1.29, 1.82) is 0 Å². The molecule has 19 heavy (non-hydrogen) atoms. The van der Waals surface area contributed by atoms with Crippen molar-refractivity contribution in [1.82, 2.24) is 0 Å². The number of carbonyl (C=O) groups is 1. The third-order valence-electron chi connectivity index (χ3n) is 2.33. The zero-order chi connectivity index (χ0) is 14.2. The minimum Gasteiger partial charge on any atom is -0.319 e. The molecule has 0 fully saturated rings. The highest BCUT2D eigenvalue weighted by Gasteiger charge is 2.15. The topological polar surface area (TPSA) is 29.1 Å². The highest BCUT2D eigenvalue weighted by molar-refractivity contribution is 14.1. The summed E-state index contributed by atoms with van der Waals surface area (Å²) in [6.07, 6.45) is 0. The Balaban J connectivity index is 2.29. The van der Waals surface area contributed by atoms with Crippen LogP contribution in [0.4, 0.5) is 5.69 Å². The normalized spacial score (nSPS) is 10.6. The number of halogens is 4. The van der Waals surface area contributed by atoms with Gasteiger partial charge in [0.1, 0.15) is 0 Å². The summed E-state index contributed by atoms with van der Waals surface area (Å²) < 4.78 is 4.27. The first-order valence-electron chi connectivity index (χ1n) is 5.10. The van der Waals surface area contributed by atoms with Crippen molar-refractivity contribution in [3.63, 3.8) is 0 Å². The van der Waals surface area contributed by atoms with Gasteiger partial charge in [0, 0.05) is 10.7 Å². The Morgan fingerprint density at radius 2 is 1.79 bits per heavy atom. The molecule has 0 saturated heterocycles. The maximum Gasteiger partial charge on any atom is 0.265 e. The second-order valence-corrected chi connectivity index (χ2v) is 9.71. The molecule has 2 rings (SSSR count). The standard InChI is InChI=1S/C12H7BrI3NOS/c1-5-2-9(19-11(5)13)12(18)17-10-7(15)3-6(14)4-8(10)16/h2-4H,1H3,(H,17,18). The minimum atomic E-state index is -0.0594. The molecule has 7 heteroatoms. The summed E-state index contributed by atoms with van der Waals surface area (Å²) in [4.78, 5) is 13.0. The van der Waals surface area contributed by atoms with Gasteiger partial charge in [-0.3, -0.25) is 4.79 Å². The van der Waals surface area contributed by atoms with E-state index in [0.29, 0.717) is 0 Å². The van der Waals surface area contributed by atoms with Gasteiger partial charge in [-0.25, -0.2) is 0 Å². The Kier molecular flexibility index (Phi) is 5.95. The summed E-state index contributed by atoms with van der Waals surface area (Å²) in [5.41, 5.74) is 1.97. The van der Waals surface area contributed by atoms with Crippen LogP contribution in [0.2, 0.25) is 0 Å². The van der Waals surface area contributed by atoms with Crippen LogP contribution in [0.5, 0.6) is 0 Å².